The number of halogens is 1. The van der Waals surface area contributed by atoms with Crippen LogP contribution in [0.4, 0.5) is 5.69 Å². The van der Waals surface area contributed by atoms with Gasteiger partial charge >= 0.3 is 0 Å². The zero-order valence-electron chi connectivity index (χ0n) is 11.0. The number of rotatable bonds is 7. The van der Waals surface area contributed by atoms with E-state index in [0.717, 1.165) is 22.1 Å². The highest BCUT2D eigenvalue weighted by atomic mass is 79.9. The number of anilines is 1. The van der Waals surface area contributed by atoms with E-state index in [1.807, 2.05) is 18.2 Å². The average Bonchev–Trinajstić information content (AvgIpc) is 2.28. The van der Waals surface area contributed by atoms with Crippen molar-refractivity contribution in [2.24, 2.45) is 5.73 Å². The van der Waals surface area contributed by atoms with Gasteiger partial charge in [-0.15, -0.1) is 0 Å². The number of hydrogen-bond acceptors (Lipinski definition) is 2. The molecule has 0 heterocycles. The molecule has 100 valence electrons. The molecule has 0 aliphatic heterocycles. The third kappa shape index (κ3) is 4.58. The lowest BCUT2D eigenvalue weighted by Crippen LogP contribution is -2.19. The summed E-state index contributed by atoms with van der Waals surface area (Å²) in [6, 6.07) is 6.41. The number of hydrogen-bond donors (Lipinski definition) is 2. The molecule has 0 aliphatic rings. The Kier molecular flexibility index (Phi) is 6.65. The maximum absolute atomic E-state index is 5.77. The van der Waals surface area contributed by atoms with Gasteiger partial charge in [0.15, 0.2) is 0 Å². The average molecular weight is 329 g/mol. The number of nitrogens with one attached hydrogen (secondary N) is 1. The molecule has 0 spiro atoms. The zero-order chi connectivity index (χ0) is 13.5. The lowest BCUT2D eigenvalue weighted by atomic mass is 10.1. The molecule has 1 aromatic carbocycles. The van der Waals surface area contributed by atoms with Gasteiger partial charge in [0.25, 0.3) is 0 Å². The Morgan fingerprint density at radius 3 is 2.78 bits per heavy atom. The Labute approximate surface area is 123 Å². The van der Waals surface area contributed by atoms with E-state index in [-0.39, 0.29) is 0 Å². The monoisotopic (exact) mass is 328 g/mol. The van der Waals surface area contributed by atoms with Gasteiger partial charge in [0.1, 0.15) is 4.99 Å². The van der Waals surface area contributed by atoms with Crippen LogP contribution in [0.5, 0.6) is 0 Å². The maximum atomic E-state index is 5.77. The first-order valence-corrected chi connectivity index (χ1v) is 7.61. The van der Waals surface area contributed by atoms with E-state index in [9.17, 15) is 0 Å². The number of nitrogens with two attached hydrogens (primary N) is 1. The second-order valence-corrected chi connectivity index (χ2v) is 5.86. The highest BCUT2D eigenvalue weighted by molar-refractivity contribution is 9.10. The van der Waals surface area contributed by atoms with E-state index in [1.165, 1.54) is 19.3 Å². The number of unbranched alkanes of at least 4 members (excludes halogenated alkanes) is 2. The SMILES string of the molecule is CCCCCC(C)Nc1cccc(Br)c1C(N)=S. The van der Waals surface area contributed by atoms with Gasteiger partial charge in [-0.05, 0) is 41.4 Å². The Bertz CT molecular complexity index is 407. The van der Waals surface area contributed by atoms with E-state index >= 15 is 0 Å². The molecular formula is C14H21BrN2S. The molecule has 1 aromatic rings. The van der Waals surface area contributed by atoms with E-state index < -0.39 is 0 Å². The summed E-state index contributed by atoms with van der Waals surface area (Å²) in [4.78, 5) is 0.422. The van der Waals surface area contributed by atoms with Gasteiger partial charge in [-0.3, -0.25) is 0 Å². The lowest BCUT2D eigenvalue weighted by molar-refractivity contribution is 0.615. The third-order valence-electron chi connectivity index (χ3n) is 2.90. The minimum atomic E-state index is 0.422. The molecule has 0 fully saturated rings. The summed E-state index contributed by atoms with van der Waals surface area (Å²) in [5.74, 6) is 0. The van der Waals surface area contributed by atoms with Crippen molar-refractivity contribution in [2.75, 3.05) is 5.32 Å². The maximum Gasteiger partial charge on any atom is 0.107 e. The van der Waals surface area contributed by atoms with Crippen molar-refractivity contribution in [3.05, 3.63) is 28.2 Å². The fourth-order valence-corrected chi connectivity index (χ4v) is 2.86. The van der Waals surface area contributed by atoms with E-state index in [1.54, 1.807) is 0 Å². The molecule has 0 aliphatic carbocycles. The molecule has 0 radical (unpaired) electrons. The standard InChI is InChI=1S/C14H21BrN2S/c1-3-4-5-7-10(2)17-12-9-6-8-11(15)13(12)14(16)18/h6,8-10,17H,3-5,7H2,1-2H3,(H2,16,18). The van der Waals surface area contributed by atoms with Crippen LogP contribution in [0.1, 0.15) is 45.1 Å². The summed E-state index contributed by atoms with van der Waals surface area (Å²) < 4.78 is 0.945. The minimum Gasteiger partial charge on any atom is -0.389 e. The highest BCUT2D eigenvalue weighted by Gasteiger charge is 2.11. The molecule has 0 aromatic heterocycles. The normalized spacial score (nSPS) is 12.2. The number of thiocarbonyl (C=S) groups is 1. The van der Waals surface area contributed by atoms with Gasteiger partial charge in [-0.25, -0.2) is 0 Å². The zero-order valence-corrected chi connectivity index (χ0v) is 13.4. The molecular weight excluding hydrogens is 308 g/mol. The predicted octanol–water partition coefficient (Wildman–Crippen LogP) is 4.46. The molecule has 3 N–H and O–H groups in total. The smallest absolute Gasteiger partial charge is 0.107 e. The van der Waals surface area contributed by atoms with Crippen LogP contribution in [-0.2, 0) is 0 Å². The summed E-state index contributed by atoms with van der Waals surface area (Å²) in [5.41, 5.74) is 7.69. The number of benzene rings is 1. The fraction of sp³-hybridized carbons (Fsp3) is 0.500. The van der Waals surface area contributed by atoms with Crippen molar-refractivity contribution in [1.29, 1.82) is 0 Å². The first-order chi connectivity index (χ1) is 8.56. The van der Waals surface area contributed by atoms with Gasteiger partial charge < -0.3 is 11.1 Å². The fourth-order valence-electron chi connectivity index (χ4n) is 1.93. The van der Waals surface area contributed by atoms with Crippen LogP contribution in [0.2, 0.25) is 0 Å². The van der Waals surface area contributed by atoms with Crippen LogP contribution in [0.25, 0.3) is 0 Å². The summed E-state index contributed by atoms with van der Waals surface area (Å²) in [6.07, 6.45) is 4.95. The van der Waals surface area contributed by atoms with E-state index in [4.69, 9.17) is 18.0 Å². The van der Waals surface area contributed by atoms with Crippen LogP contribution in [0.15, 0.2) is 22.7 Å². The van der Waals surface area contributed by atoms with Crippen molar-refractivity contribution in [2.45, 2.75) is 45.6 Å². The largest absolute Gasteiger partial charge is 0.389 e. The minimum absolute atomic E-state index is 0.422. The lowest BCUT2D eigenvalue weighted by Gasteiger charge is -2.18. The van der Waals surface area contributed by atoms with E-state index in [0.29, 0.717) is 11.0 Å². The molecule has 1 atom stereocenters. The van der Waals surface area contributed by atoms with Crippen LogP contribution in [-0.4, -0.2) is 11.0 Å². The Morgan fingerprint density at radius 2 is 2.17 bits per heavy atom. The molecule has 0 amide bonds. The van der Waals surface area contributed by atoms with Gasteiger partial charge in [0.2, 0.25) is 0 Å². The molecule has 1 rings (SSSR count). The predicted molar refractivity (Wildman–Crippen MR) is 87.3 cm³/mol. The van der Waals surface area contributed by atoms with Crippen molar-refractivity contribution in [1.82, 2.24) is 0 Å². The van der Waals surface area contributed by atoms with Crippen LogP contribution in [0, 0.1) is 0 Å². The second-order valence-electron chi connectivity index (χ2n) is 4.57. The summed E-state index contributed by atoms with van der Waals surface area (Å²) in [5, 5.41) is 3.49. The molecule has 18 heavy (non-hydrogen) atoms. The van der Waals surface area contributed by atoms with Crippen molar-refractivity contribution >= 4 is 38.8 Å². The van der Waals surface area contributed by atoms with Crippen molar-refractivity contribution < 1.29 is 0 Å². The Morgan fingerprint density at radius 1 is 1.44 bits per heavy atom. The van der Waals surface area contributed by atoms with Gasteiger partial charge in [-0.1, -0.05) is 44.5 Å². The van der Waals surface area contributed by atoms with Crippen LogP contribution >= 0.6 is 28.1 Å². The van der Waals surface area contributed by atoms with Crippen molar-refractivity contribution in [3.8, 4) is 0 Å². The first kappa shape index (κ1) is 15.4. The first-order valence-electron chi connectivity index (χ1n) is 6.41. The Balaban J connectivity index is 2.72. The quantitative estimate of drug-likeness (QED) is 0.573. The van der Waals surface area contributed by atoms with Gasteiger partial charge in [0, 0.05) is 21.8 Å². The summed E-state index contributed by atoms with van der Waals surface area (Å²) in [7, 11) is 0. The van der Waals surface area contributed by atoms with E-state index in [2.05, 4.69) is 35.1 Å². The van der Waals surface area contributed by atoms with Crippen molar-refractivity contribution in [3.63, 3.8) is 0 Å². The molecule has 0 saturated heterocycles. The topological polar surface area (TPSA) is 38.0 Å². The highest BCUT2D eigenvalue weighted by Crippen LogP contribution is 2.25. The summed E-state index contributed by atoms with van der Waals surface area (Å²) >= 11 is 8.60. The Hall–Kier alpha value is -0.610. The second kappa shape index (κ2) is 7.74. The molecule has 0 bridgehead atoms. The van der Waals surface area contributed by atoms with Crippen LogP contribution < -0.4 is 11.1 Å². The third-order valence-corrected chi connectivity index (χ3v) is 3.77. The van der Waals surface area contributed by atoms with Crippen LogP contribution in [0.3, 0.4) is 0 Å². The van der Waals surface area contributed by atoms with Gasteiger partial charge in [-0.2, -0.15) is 0 Å². The summed E-state index contributed by atoms with van der Waals surface area (Å²) in [6.45, 7) is 4.41. The van der Waals surface area contributed by atoms with Gasteiger partial charge in [0.05, 0.1) is 0 Å². The molecule has 2 nitrogen and oxygen atoms in total. The molecule has 4 heteroatoms. The molecule has 1 unspecified atom stereocenters. The molecule has 0 saturated carbocycles.